The lowest BCUT2D eigenvalue weighted by Crippen LogP contribution is -2.26. The first-order valence-corrected chi connectivity index (χ1v) is 7.19. The highest BCUT2D eigenvalue weighted by atomic mass is 32.1. The summed E-state index contributed by atoms with van der Waals surface area (Å²) in [5.74, 6) is 3.88. The van der Waals surface area contributed by atoms with Crippen molar-refractivity contribution in [2.24, 2.45) is 0 Å². The van der Waals surface area contributed by atoms with E-state index in [1.165, 1.54) is 16.2 Å². The first-order valence-electron chi connectivity index (χ1n) is 6.38. The van der Waals surface area contributed by atoms with Gasteiger partial charge in [0, 0.05) is 11.9 Å². The fourth-order valence-electron chi connectivity index (χ4n) is 2.05. The van der Waals surface area contributed by atoms with Gasteiger partial charge in [0.15, 0.2) is 11.5 Å². The second kappa shape index (κ2) is 5.51. The van der Waals surface area contributed by atoms with E-state index in [0.29, 0.717) is 11.4 Å². The number of hydrogen-bond donors (Lipinski definition) is 0. The summed E-state index contributed by atoms with van der Waals surface area (Å²) in [5, 5.41) is 0. The van der Waals surface area contributed by atoms with Crippen LogP contribution in [0.1, 0.15) is 9.67 Å². The second-order valence-electron chi connectivity index (χ2n) is 4.60. The Hall–Kier alpha value is -2.45. The molecule has 0 aliphatic carbocycles. The number of ether oxygens (including phenoxy) is 2. The van der Waals surface area contributed by atoms with E-state index in [1.54, 1.807) is 7.05 Å². The maximum Gasteiger partial charge on any atom is 0.264 e. The maximum absolute atomic E-state index is 12.2. The summed E-state index contributed by atoms with van der Waals surface area (Å²) in [6, 6.07) is 9.51. The molecule has 106 valence electrons. The van der Waals surface area contributed by atoms with Crippen LogP contribution in [0.25, 0.3) is 10.4 Å². The van der Waals surface area contributed by atoms with Gasteiger partial charge < -0.3 is 14.4 Å². The molecule has 1 aromatic carbocycles. The Labute approximate surface area is 126 Å². The molecule has 4 nitrogen and oxygen atoms in total. The highest BCUT2D eigenvalue weighted by Gasteiger charge is 2.17. The molecule has 0 spiro atoms. The summed E-state index contributed by atoms with van der Waals surface area (Å²) in [4.78, 5) is 15.4. The minimum absolute atomic E-state index is 0.0649. The van der Waals surface area contributed by atoms with Gasteiger partial charge in [-0.2, -0.15) is 0 Å². The molecule has 2 aromatic rings. The Morgan fingerprint density at radius 2 is 2.14 bits per heavy atom. The van der Waals surface area contributed by atoms with E-state index < -0.39 is 0 Å². The van der Waals surface area contributed by atoms with Gasteiger partial charge in [-0.3, -0.25) is 4.79 Å². The lowest BCUT2D eigenvalue weighted by molar-refractivity contribution is 0.0817. The van der Waals surface area contributed by atoms with E-state index in [4.69, 9.17) is 15.9 Å². The van der Waals surface area contributed by atoms with Gasteiger partial charge in [-0.25, -0.2) is 0 Å². The smallest absolute Gasteiger partial charge is 0.264 e. The highest BCUT2D eigenvalue weighted by molar-refractivity contribution is 7.17. The van der Waals surface area contributed by atoms with Crippen LogP contribution in [0.5, 0.6) is 11.5 Å². The Morgan fingerprint density at radius 1 is 1.33 bits per heavy atom. The topological polar surface area (TPSA) is 38.8 Å². The SMILES string of the molecule is C#CCN(C)C(=O)c1ccc(-c2ccc3c(c2)OCO3)s1. The maximum atomic E-state index is 12.2. The summed E-state index contributed by atoms with van der Waals surface area (Å²) in [5.41, 5.74) is 1.00. The van der Waals surface area contributed by atoms with Gasteiger partial charge in [0.25, 0.3) is 5.91 Å². The van der Waals surface area contributed by atoms with Crippen molar-refractivity contribution < 1.29 is 14.3 Å². The van der Waals surface area contributed by atoms with Gasteiger partial charge in [-0.1, -0.05) is 5.92 Å². The van der Waals surface area contributed by atoms with Crippen LogP contribution in [0.2, 0.25) is 0 Å². The van der Waals surface area contributed by atoms with Crippen LogP contribution in [-0.2, 0) is 0 Å². The molecule has 0 bridgehead atoms. The van der Waals surface area contributed by atoms with E-state index in [0.717, 1.165) is 21.9 Å². The van der Waals surface area contributed by atoms with Crippen molar-refractivity contribution in [2.45, 2.75) is 0 Å². The normalized spacial score (nSPS) is 12.0. The zero-order valence-electron chi connectivity index (χ0n) is 11.5. The molecule has 5 heteroatoms. The molecule has 0 unspecified atom stereocenters. The van der Waals surface area contributed by atoms with Crippen molar-refractivity contribution in [3.63, 3.8) is 0 Å². The van der Waals surface area contributed by atoms with Gasteiger partial charge in [-0.05, 0) is 35.9 Å². The number of nitrogens with zero attached hydrogens (tertiary/aromatic N) is 1. The van der Waals surface area contributed by atoms with Crippen molar-refractivity contribution in [3.8, 4) is 34.3 Å². The fraction of sp³-hybridized carbons (Fsp3) is 0.188. The first-order chi connectivity index (χ1) is 10.2. The van der Waals surface area contributed by atoms with Gasteiger partial charge in [0.1, 0.15) is 0 Å². The van der Waals surface area contributed by atoms with Gasteiger partial charge >= 0.3 is 0 Å². The number of rotatable bonds is 3. The van der Waals surface area contributed by atoms with E-state index in [1.807, 2.05) is 30.3 Å². The molecule has 1 aliphatic heterocycles. The van der Waals surface area contributed by atoms with Crippen LogP contribution in [-0.4, -0.2) is 31.2 Å². The molecule has 2 heterocycles. The molecule has 0 saturated heterocycles. The summed E-state index contributed by atoms with van der Waals surface area (Å²) in [6.07, 6.45) is 5.23. The largest absolute Gasteiger partial charge is 0.454 e. The number of fused-ring (bicyclic) bond motifs is 1. The number of carbonyl (C=O) groups excluding carboxylic acids is 1. The molecule has 3 rings (SSSR count). The van der Waals surface area contributed by atoms with Crippen LogP contribution in [0, 0.1) is 12.3 Å². The molecular formula is C16H13NO3S. The standard InChI is InChI=1S/C16H13NO3S/c1-3-8-17(2)16(18)15-7-6-14(21-15)11-4-5-12-13(9-11)20-10-19-12/h1,4-7,9H,8,10H2,2H3. The van der Waals surface area contributed by atoms with E-state index in [2.05, 4.69) is 5.92 Å². The average Bonchev–Trinajstić information content (AvgIpc) is 3.14. The Kier molecular flexibility index (Phi) is 3.55. The van der Waals surface area contributed by atoms with Crippen LogP contribution >= 0.6 is 11.3 Å². The predicted octanol–water partition coefficient (Wildman–Crippen LogP) is 2.85. The van der Waals surface area contributed by atoms with Gasteiger partial charge in [-0.15, -0.1) is 17.8 Å². The summed E-state index contributed by atoms with van der Waals surface area (Å²) in [7, 11) is 1.70. The van der Waals surface area contributed by atoms with Crippen molar-refractivity contribution in [3.05, 3.63) is 35.2 Å². The minimum Gasteiger partial charge on any atom is -0.454 e. The Morgan fingerprint density at radius 3 is 2.95 bits per heavy atom. The monoisotopic (exact) mass is 299 g/mol. The van der Waals surface area contributed by atoms with E-state index in [9.17, 15) is 4.79 Å². The number of thiophene rings is 1. The Bertz CT molecular complexity index is 729. The second-order valence-corrected chi connectivity index (χ2v) is 5.68. The number of carbonyl (C=O) groups is 1. The van der Waals surface area contributed by atoms with Crippen molar-refractivity contribution in [2.75, 3.05) is 20.4 Å². The van der Waals surface area contributed by atoms with E-state index in [-0.39, 0.29) is 12.7 Å². The molecule has 1 amide bonds. The molecule has 0 atom stereocenters. The van der Waals surface area contributed by atoms with Gasteiger partial charge in [0.2, 0.25) is 6.79 Å². The van der Waals surface area contributed by atoms with Crippen molar-refractivity contribution in [1.29, 1.82) is 0 Å². The molecule has 0 saturated carbocycles. The molecule has 21 heavy (non-hydrogen) atoms. The minimum atomic E-state index is -0.0649. The van der Waals surface area contributed by atoms with Crippen molar-refractivity contribution in [1.82, 2.24) is 4.90 Å². The van der Waals surface area contributed by atoms with Crippen LogP contribution in [0.4, 0.5) is 0 Å². The van der Waals surface area contributed by atoms with Crippen LogP contribution in [0.3, 0.4) is 0 Å². The number of benzene rings is 1. The number of hydrogen-bond acceptors (Lipinski definition) is 4. The summed E-state index contributed by atoms with van der Waals surface area (Å²) >= 11 is 1.44. The third-order valence-corrected chi connectivity index (χ3v) is 4.27. The zero-order chi connectivity index (χ0) is 14.8. The Balaban J connectivity index is 1.85. The lowest BCUT2D eigenvalue weighted by Gasteiger charge is -2.11. The number of amides is 1. The van der Waals surface area contributed by atoms with Crippen LogP contribution in [0.15, 0.2) is 30.3 Å². The lowest BCUT2D eigenvalue weighted by atomic mass is 10.1. The molecular weight excluding hydrogens is 286 g/mol. The molecule has 0 radical (unpaired) electrons. The first kappa shape index (κ1) is 13.5. The predicted molar refractivity (Wildman–Crippen MR) is 81.7 cm³/mol. The molecule has 0 N–H and O–H groups in total. The fourth-order valence-corrected chi connectivity index (χ4v) is 3.05. The van der Waals surface area contributed by atoms with Crippen LogP contribution < -0.4 is 9.47 Å². The zero-order valence-corrected chi connectivity index (χ0v) is 12.3. The van der Waals surface area contributed by atoms with Gasteiger partial charge in [0.05, 0.1) is 11.4 Å². The molecule has 1 aliphatic rings. The quantitative estimate of drug-likeness (QED) is 0.818. The molecule has 0 fully saturated rings. The van der Waals surface area contributed by atoms with E-state index >= 15 is 0 Å². The average molecular weight is 299 g/mol. The third kappa shape index (κ3) is 2.58. The number of terminal acetylenes is 1. The highest BCUT2D eigenvalue weighted by Crippen LogP contribution is 2.38. The van der Waals surface area contributed by atoms with Crippen molar-refractivity contribution >= 4 is 17.2 Å². The summed E-state index contributed by atoms with van der Waals surface area (Å²) < 4.78 is 10.7. The third-order valence-electron chi connectivity index (χ3n) is 3.15. The molecule has 1 aromatic heterocycles. The summed E-state index contributed by atoms with van der Waals surface area (Å²) in [6.45, 7) is 0.555.